The molecule has 1 heterocycles. The second kappa shape index (κ2) is 5.55. The smallest absolute Gasteiger partial charge is 0.207 e. The molecule has 0 unspecified atom stereocenters. The molecule has 0 atom stereocenters. The zero-order chi connectivity index (χ0) is 14.0. The lowest BCUT2D eigenvalue weighted by Gasteiger charge is -1.99. The van der Waals surface area contributed by atoms with Crippen molar-refractivity contribution in [3.63, 3.8) is 0 Å². The summed E-state index contributed by atoms with van der Waals surface area (Å²) in [7, 11) is 1.65. The zero-order valence-corrected chi connectivity index (χ0v) is 11.4. The normalized spacial score (nSPS) is 11.2. The number of benzene rings is 1. The zero-order valence-electron chi connectivity index (χ0n) is 9.90. The van der Waals surface area contributed by atoms with Gasteiger partial charge in [-0.15, -0.1) is 0 Å². The molecular formula is C13H9Cl2FN2O. The molecule has 98 valence electrons. The number of allylic oxidation sites excluding steroid dienone is 1. The van der Waals surface area contributed by atoms with Crippen LogP contribution in [0.2, 0.25) is 10.0 Å². The van der Waals surface area contributed by atoms with E-state index in [1.54, 1.807) is 13.1 Å². The standard InChI is InChI=1S/C13H9Cl2FN2O/c1-18-7-10(15)13(17-18)12(19)6-5-8-9(14)3-2-4-11(8)16/h2-7H,1H3/b6-5+. The van der Waals surface area contributed by atoms with Crippen LogP contribution < -0.4 is 0 Å². The van der Waals surface area contributed by atoms with Crippen molar-refractivity contribution in [2.24, 2.45) is 7.05 Å². The summed E-state index contributed by atoms with van der Waals surface area (Å²) in [6.07, 6.45) is 4.02. The van der Waals surface area contributed by atoms with Gasteiger partial charge in [0.1, 0.15) is 5.82 Å². The lowest BCUT2D eigenvalue weighted by molar-refractivity contribution is 0.104. The van der Waals surface area contributed by atoms with Gasteiger partial charge in [0, 0.05) is 18.8 Å². The van der Waals surface area contributed by atoms with Crippen molar-refractivity contribution in [1.82, 2.24) is 9.78 Å². The summed E-state index contributed by atoms with van der Waals surface area (Å²) >= 11 is 11.7. The average Bonchev–Trinajstić information content (AvgIpc) is 2.67. The molecular weight excluding hydrogens is 290 g/mol. The molecule has 19 heavy (non-hydrogen) atoms. The third-order valence-electron chi connectivity index (χ3n) is 2.42. The van der Waals surface area contributed by atoms with Crippen LogP contribution in [0.25, 0.3) is 6.08 Å². The van der Waals surface area contributed by atoms with Crippen LogP contribution in [0.15, 0.2) is 30.5 Å². The van der Waals surface area contributed by atoms with Crippen LogP contribution in [0, 0.1) is 5.82 Å². The third kappa shape index (κ3) is 3.03. The predicted molar refractivity (Wildman–Crippen MR) is 73.0 cm³/mol. The Hall–Kier alpha value is -1.65. The number of ketones is 1. The monoisotopic (exact) mass is 298 g/mol. The fourth-order valence-electron chi connectivity index (χ4n) is 1.53. The Morgan fingerprint density at radius 3 is 2.68 bits per heavy atom. The topological polar surface area (TPSA) is 34.9 Å². The SMILES string of the molecule is Cn1cc(Cl)c(C(=O)/C=C/c2c(F)cccc2Cl)n1. The van der Waals surface area contributed by atoms with E-state index in [0.29, 0.717) is 0 Å². The Bertz CT molecular complexity index is 644. The molecule has 0 radical (unpaired) electrons. The number of hydrogen-bond donors (Lipinski definition) is 0. The molecule has 6 heteroatoms. The van der Waals surface area contributed by atoms with E-state index in [9.17, 15) is 9.18 Å². The third-order valence-corrected chi connectivity index (χ3v) is 3.02. The van der Waals surface area contributed by atoms with Gasteiger partial charge >= 0.3 is 0 Å². The van der Waals surface area contributed by atoms with Gasteiger partial charge in [-0.1, -0.05) is 29.3 Å². The predicted octanol–water partition coefficient (Wildman–Crippen LogP) is 3.76. The molecule has 1 aromatic heterocycles. The van der Waals surface area contributed by atoms with Gasteiger partial charge in [-0.2, -0.15) is 5.10 Å². The molecule has 1 aromatic carbocycles. The van der Waals surface area contributed by atoms with Crippen molar-refractivity contribution >= 4 is 35.1 Å². The summed E-state index contributed by atoms with van der Waals surface area (Å²) in [5.41, 5.74) is 0.275. The fourth-order valence-corrected chi connectivity index (χ4v) is 2.03. The summed E-state index contributed by atoms with van der Waals surface area (Å²) in [5, 5.41) is 4.40. The summed E-state index contributed by atoms with van der Waals surface area (Å²) in [4.78, 5) is 11.9. The lowest BCUT2D eigenvalue weighted by Crippen LogP contribution is -1.98. The van der Waals surface area contributed by atoms with Crippen molar-refractivity contribution in [3.8, 4) is 0 Å². The highest BCUT2D eigenvalue weighted by Crippen LogP contribution is 2.21. The van der Waals surface area contributed by atoms with Crippen LogP contribution in [0.4, 0.5) is 4.39 Å². The van der Waals surface area contributed by atoms with E-state index in [2.05, 4.69) is 5.10 Å². The minimum Gasteiger partial charge on any atom is -0.287 e. The lowest BCUT2D eigenvalue weighted by atomic mass is 10.1. The Morgan fingerprint density at radius 1 is 1.37 bits per heavy atom. The van der Waals surface area contributed by atoms with Crippen LogP contribution in [0.1, 0.15) is 16.1 Å². The first kappa shape index (κ1) is 13.8. The van der Waals surface area contributed by atoms with E-state index in [1.165, 1.54) is 35.2 Å². The van der Waals surface area contributed by atoms with Gasteiger partial charge in [-0.3, -0.25) is 9.48 Å². The molecule has 3 nitrogen and oxygen atoms in total. The molecule has 2 aromatic rings. The molecule has 0 saturated heterocycles. The van der Waals surface area contributed by atoms with E-state index in [-0.39, 0.29) is 21.3 Å². The maximum absolute atomic E-state index is 13.5. The maximum atomic E-state index is 13.5. The summed E-state index contributed by atoms with van der Waals surface area (Å²) in [5.74, 6) is -0.909. The number of halogens is 3. The van der Waals surface area contributed by atoms with E-state index in [0.717, 1.165) is 0 Å². The molecule has 0 aliphatic heterocycles. The Morgan fingerprint density at radius 2 is 2.11 bits per heavy atom. The van der Waals surface area contributed by atoms with Crippen molar-refractivity contribution in [1.29, 1.82) is 0 Å². The fraction of sp³-hybridized carbons (Fsp3) is 0.0769. The van der Waals surface area contributed by atoms with Crippen LogP contribution in [-0.2, 0) is 7.05 Å². The van der Waals surface area contributed by atoms with E-state index < -0.39 is 11.6 Å². The van der Waals surface area contributed by atoms with Gasteiger partial charge in [0.25, 0.3) is 0 Å². The Labute approximate surface area is 119 Å². The van der Waals surface area contributed by atoms with Crippen LogP contribution in [-0.4, -0.2) is 15.6 Å². The largest absolute Gasteiger partial charge is 0.287 e. The Balaban J connectivity index is 2.28. The highest BCUT2D eigenvalue weighted by Gasteiger charge is 2.12. The number of carbonyl (C=O) groups is 1. The van der Waals surface area contributed by atoms with E-state index in [1.807, 2.05) is 0 Å². The van der Waals surface area contributed by atoms with Crippen LogP contribution >= 0.6 is 23.2 Å². The first-order chi connectivity index (χ1) is 8.99. The van der Waals surface area contributed by atoms with Crippen molar-refractivity contribution in [3.05, 3.63) is 57.6 Å². The quantitative estimate of drug-likeness (QED) is 0.639. The maximum Gasteiger partial charge on any atom is 0.207 e. The number of rotatable bonds is 3. The van der Waals surface area contributed by atoms with Crippen LogP contribution in [0.3, 0.4) is 0 Å². The summed E-state index contributed by atoms with van der Waals surface area (Å²) in [6, 6.07) is 4.30. The van der Waals surface area contributed by atoms with Crippen LogP contribution in [0.5, 0.6) is 0 Å². The highest BCUT2D eigenvalue weighted by atomic mass is 35.5. The van der Waals surface area contributed by atoms with Gasteiger partial charge < -0.3 is 0 Å². The van der Waals surface area contributed by atoms with Gasteiger partial charge in [-0.25, -0.2) is 4.39 Å². The molecule has 0 spiro atoms. The molecule has 0 saturated carbocycles. The molecule has 0 fully saturated rings. The minimum absolute atomic E-state index is 0.118. The number of carbonyl (C=O) groups excluding carboxylic acids is 1. The second-order valence-corrected chi connectivity index (χ2v) is 4.65. The number of aromatic nitrogens is 2. The summed E-state index contributed by atoms with van der Waals surface area (Å²) < 4.78 is 14.9. The average molecular weight is 299 g/mol. The number of hydrogen-bond acceptors (Lipinski definition) is 2. The van der Waals surface area contributed by atoms with Gasteiger partial charge in [0.2, 0.25) is 5.78 Å². The molecule has 2 rings (SSSR count). The van der Waals surface area contributed by atoms with Crippen molar-refractivity contribution < 1.29 is 9.18 Å². The van der Waals surface area contributed by atoms with E-state index in [4.69, 9.17) is 23.2 Å². The van der Waals surface area contributed by atoms with E-state index >= 15 is 0 Å². The molecule has 0 bridgehead atoms. The number of aryl methyl sites for hydroxylation is 1. The molecule has 0 aliphatic rings. The highest BCUT2D eigenvalue weighted by molar-refractivity contribution is 6.34. The first-order valence-corrected chi connectivity index (χ1v) is 6.10. The van der Waals surface area contributed by atoms with Crippen molar-refractivity contribution in [2.45, 2.75) is 0 Å². The molecule has 0 N–H and O–H groups in total. The minimum atomic E-state index is -0.497. The first-order valence-electron chi connectivity index (χ1n) is 5.34. The summed E-state index contributed by atoms with van der Waals surface area (Å²) in [6.45, 7) is 0. The van der Waals surface area contributed by atoms with Crippen molar-refractivity contribution in [2.75, 3.05) is 0 Å². The second-order valence-electron chi connectivity index (χ2n) is 3.83. The Kier molecular flexibility index (Phi) is 4.02. The molecule has 0 amide bonds. The van der Waals surface area contributed by atoms with Gasteiger partial charge in [0.15, 0.2) is 5.69 Å². The number of nitrogens with zero attached hydrogens (tertiary/aromatic N) is 2. The van der Waals surface area contributed by atoms with Gasteiger partial charge in [-0.05, 0) is 24.3 Å². The van der Waals surface area contributed by atoms with Gasteiger partial charge in [0.05, 0.1) is 10.0 Å². The molecule has 0 aliphatic carbocycles.